The van der Waals surface area contributed by atoms with Crippen molar-refractivity contribution in [2.45, 2.75) is 20.4 Å². The van der Waals surface area contributed by atoms with Crippen LogP contribution in [-0.4, -0.2) is 20.3 Å². The molecule has 2 aromatic rings. The van der Waals surface area contributed by atoms with E-state index in [1.54, 1.807) is 24.0 Å². The first-order valence-electron chi connectivity index (χ1n) is 6.34. The van der Waals surface area contributed by atoms with E-state index >= 15 is 0 Å². The van der Waals surface area contributed by atoms with Crippen molar-refractivity contribution in [2.24, 2.45) is 14.1 Å². The van der Waals surface area contributed by atoms with Gasteiger partial charge < -0.3 is 9.88 Å². The predicted octanol–water partition coefficient (Wildman–Crippen LogP) is 0.666. The van der Waals surface area contributed by atoms with Crippen molar-refractivity contribution in [1.29, 1.82) is 0 Å². The molecule has 0 radical (unpaired) electrons. The van der Waals surface area contributed by atoms with Crippen LogP contribution in [-0.2, 0) is 20.6 Å². The number of pyridine rings is 1. The Bertz CT molecular complexity index is 712. The second-order valence-corrected chi connectivity index (χ2v) is 4.82. The van der Waals surface area contributed by atoms with E-state index in [0.29, 0.717) is 12.1 Å². The van der Waals surface area contributed by atoms with E-state index in [1.165, 1.54) is 10.6 Å². The van der Waals surface area contributed by atoms with Gasteiger partial charge in [0.05, 0.1) is 5.69 Å². The number of nitrogens with one attached hydrogen (secondary N) is 1. The fourth-order valence-corrected chi connectivity index (χ4v) is 2.03. The van der Waals surface area contributed by atoms with E-state index in [4.69, 9.17) is 0 Å². The smallest absolute Gasteiger partial charge is 0.251 e. The summed E-state index contributed by atoms with van der Waals surface area (Å²) in [7, 11) is 3.51. The number of amides is 1. The standard InChI is InChI=1S/C14H18N4O2/c1-9-12(10(2)18(4)16-9)8-15-14(20)11-5-6-17(3)13(19)7-11/h5-7H,8H2,1-4H3,(H,15,20). The first kappa shape index (κ1) is 14.0. The lowest BCUT2D eigenvalue weighted by Gasteiger charge is -2.06. The van der Waals surface area contributed by atoms with Crippen LogP contribution >= 0.6 is 0 Å². The number of carbonyl (C=O) groups is 1. The Hall–Kier alpha value is -2.37. The van der Waals surface area contributed by atoms with Crippen LogP contribution < -0.4 is 10.9 Å². The maximum absolute atomic E-state index is 12.0. The Kier molecular flexibility index (Phi) is 3.74. The number of aromatic nitrogens is 3. The summed E-state index contributed by atoms with van der Waals surface area (Å²) in [6.07, 6.45) is 1.58. The molecule has 0 saturated heterocycles. The minimum Gasteiger partial charge on any atom is -0.348 e. The van der Waals surface area contributed by atoms with Gasteiger partial charge in [0, 0.05) is 49.7 Å². The molecule has 2 aromatic heterocycles. The molecular formula is C14H18N4O2. The number of hydrogen-bond acceptors (Lipinski definition) is 3. The van der Waals surface area contributed by atoms with Gasteiger partial charge in [-0.2, -0.15) is 5.10 Å². The SMILES string of the molecule is Cc1nn(C)c(C)c1CNC(=O)c1ccn(C)c(=O)c1. The Morgan fingerprint density at radius 2 is 2.05 bits per heavy atom. The fraction of sp³-hybridized carbons (Fsp3) is 0.357. The molecule has 0 aliphatic carbocycles. The van der Waals surface area contributed by atoms with Crippen LogP contribution in [0.15, 0.2) is 23.1 Å². The van der Waals surface area contributed by atoms with Crippen LogP contribution in [0.25, 0.3) is 0 Å². The van der Waals surface area contributed by atoms with Gasteiger partial charge in [-0.25, -0.2) is 0 Å². The molecule has 106 valence electrons. The molecule has 1 N–H and O–H groups in total. The third kappa shape index (κ3) is 2.64. The Labute approximate surface area is 117 Å². The van der Waals surface area contributed by atoms with Gasteiger partial charge >= 0.3 is 0 Å². The van der Waals surface area contributed by atoms with Crippen molar-refractivity contribution >= 4 is 5.91 Å². The van der Waals surface area contributed by atoms with Crippen LogP contribution in [0.4, 0.5) is 0 Å². The van der Waals surface area contributed by atoms with E-state index < -0.39 is 0 Å². The van der Waals surface area contributed by atoms with Crippen LogP contribution in [0.5, 0.6) is 0 Å². The fourth-order valence-electron chi connectivity index (χ4n) is 2.03. The molecule has 2 rings (SSSR count). The summed E-state index contributed by atoms with van der Waals surface area (Å²) in [6, 6.07) is 2.96. The zero-order valence-corrected chi connectivity index (χ0v) is 12.1. The summed E-state index contributed by atoms with van der Waals surface area (Å²) < 4.78 is 3.21. The average molecular weight is 274 g/mol. The monoisotopic (exact) mass is 274 g/mol. The molecule has 0 saturated carbocycles. The lowest BCUT2D eigenvalue weighted by atomic mass is 10.2. The Balaban J connectivity index is 2.12. The minimum atomic E-state index is -0.259. The summed E-state index contributed by atoms with van der Waals surface area (Å²) in [4.78, 5) is 23.5. The second kappa shape index (κ2) is 5.32. The number of hydrogen-bond donors (Lipinski definition) is 1. The lowest BCUT2D eigenvalue weighted by molar-refractivity contribution is 0.0950. The molecular weight excluding hydrogens is 256 g/mol. The van der Waals surface area contributed by atoms with Crippen LogP contribution in [0.3, 0.4) is 0 Å². The van der Waals surface area contributed by atoms with Crippen LogP contribution in [0, 0.1) is 13.8 Å². The summed E-state index contributed by atoms with van der Waals surface area (Å²) in [5, 5.41) is 7.12. The predicted molar refractivity (Wildman–Crippen MR) is 75.5 cm³/mol. The first-order chi connectivity index (χ1) is 9.40. The van der Waals surface area contributed by atoms with Gasteiger partial charge in [-0.1, -0.05) is 0 Å². The zero-order valence-electron chi connectivity index (χ0n) is 12.1. The normalized spacial score (nSPS) is 10.6. The van der Waals surface area contributed by atoms with Crippen molar-refractivity contribution in [3.05, 3.63) is 51.2 Å². The van der Waals surface area contributed by atoms with E-state index in [2.05, 4.69) is 10.4 Å². The van der Waals surface area contributed by atoms with Gasteiger partial charge in [0.25, 0.3) is 11.5 Å². The molecule has 0 aromatic carbocycles. The number of nitrogens with zero attached hydrogens (tertiary/aromatic N) is 3. The number of rotatable bonds is 3. The van der Waals surface area contributed by atoms with Crippen molar-refractivity contribution in [1.82, 2.24) is 19.7 Å². The summed E-state index contributed by atoms with van der Waals surface area (Å²) >= 11 is 0. The second-order valence-electron chi connectivity index (χ2n) is 4.82. The molecule has 2 heterocycles. The molecule has 0 spiro atoms. The largest absolute Gasteiger partial charge is 0.348 e. The molecule has 0 unspecified atom stereocenters. The molecule has 0 aliphatic heterocycles. The first-order valence-corrected chi connectivity index (χ1v) is 6.34. The third-order valence-corrected chi connectivity index (χ3v) is 3.45. The highest BCUT2D eigenvalue weighted by molar-refractivity contribution is 5.93. The number of aryl methyl sites for hydroxylation is 3. The molecule has 0 atom stereocenters. The molecule has 1 amide bonds. The highest BCUT2D eigenvalue weighted by Gasteiger charge is 2.12. The van der Waals surface area contributed by atoms with E-state index in [1.807, 2.05) is 20.9 Å². The maximum Gasteiger partial charge on any atom is 0.251 e. The quantitative estimate of drug-likeness (QED) is 0.894. The van der Waals surface area contributed by atoms with Crippen molar-refractivity contribution in [3.63, 3.8) is 0 Å². The summed E-state index contributed by atoms with van der Waals surface area (Å²) in [5.74, 6) is -0.259. The summed E-state index contributed by atoms with van der Waals surface area (Å²) in [6.45, 7) is 4.27. The van der Waals surface area contributed by atoms with E-state index in [9.17, 15) is 9.59 Å². The van der Waals surface area contributed by atoms with Gasteiger partial charge in [0.15, 0.2) is 0 Å². The molecule has 0 bridgehead atoms. The summed E-state index contributed by atoms with van der Waals surface area (Å²) in [5.41, 5.74) is 3.09. The van der Waals surface area contributed by atoms with Gasteiger partial charge in [-0.3, -0.25) is 14.3 Å². The van der Waals surface area contributed by atoms with Gasteiger partial charge in [-0.15, -0.1) is 0 Å². The van der Waals surface area contributed by atoms with Gasteiger partial charge in [0.1, 0.15) is 0 Å². The highest BCUT2D eigenvalue weighted by Crippen LogP contribution is 2.11. The average Bonchev–Trinajstić information content (AvgIpc) is 2.64. The Morgan fingerprint density at radius 3 is 2.60 bits per heavy atom. The molecule has 6 heteroatoms. The van der Waals surface area contributed by atoms with E-state index in [0.717, 1.165) is 17.0 Å². The van der Waals surface area contributed by atoms with Crippen molar-refractivity contribution < 1.29 is 4.79 Å². The van der Waals surface area contributed by atoms with Crippen LogP contribution in [0.1, 0.15) is 27.3 Å². The minimum absolute atomic E-state index is 0.202. The maximum atomic E-state index is 12.0. The Morgan fingerprint density at radius 1 is 1.35 bits per heavy atom. The molecule has 6 nitrogen and oxygen atoms in total. The molecule has 0 fully saturated rings. The van der Waals surface area contributed by atoms with Crippen molar-refractivity contribution in [3.8, 4) is 0 Å². The van der Waals surface area contributed by atoms with E-state index in [-0.39, 0.29) is 11.5 Å². The van der Waals surface area contributed by atoms with Gasteiger partial charge in [0.2, 0.25) is 0 Å². The number of carbonyl (C=O) groups excluding carboxylic acids is 1. The zero-order chi connectivity index (χ0) is 14.9. The van der Waals surface area contributed by atoms with Crippen molar-refractivity contribution in [2.75, 3.05) is 0 Å². The lowest BCUT2D eigenvalue weighted by Crippen LogP contribution is -2.26. The molecule has 0 aliphatic rings. The molecule has 20 heavy (non-hydrogen) atoms. The van der Waals surface area contributed by atoms with Crippen LogP contribution in [0.2, 0.25) is 0 Å². The highest BCUT2D eigenvalue weighted by atomic mass is 16.2. The topological polar surface area (TPSA) is 68.9 Å². The van der Waals surface area contributed by atoms with Gasteiger partial charge in [-0.05, 0) is 19.9 Å². The third-order valence-electron chi connectivity index (χ3n) is 3.45.